The summed E-state index contributed by atoms with van der Waals surface area (Å²) >= 11 is 0. The molecule has 5 heteroatoms. The van der Waals surface area contributed by atoms with E-state index in [0.29, 0.717) is 32.8 Å². The summed E-state index contributed by atoms with van der Waals surface area (Å²) in [4.78, 5) is 16.5. The van der Waals surface area contributed by atoms with Crippen LogP contribution >= 0.6 is 0 Å². The summed E-state index contributed by atoms with van der Waals surface area (Å²) in [6.45, 7) is 4.32. The van der Waals surface area contributed by atoms with Gasteiger partial charge in [0.15, 0.2) is 0 Å². The van der Waals surface area contributed by atoms with Crippen LogP contribution in [-0.4, -0.2) is 66.2 Å². The van der Waals surface area contributed by atoms with Gasteiger partial charge in [0.25, 0.3) is 5.91 Å². The second-order valence-corrected chi connectivity index (χ2v) is 6.61. The molecule has 0 unspecified atom stereocenters. The lowest BCUT2D eigenvalue weighted by molar-refractivity contribution is 0.00206. The van der Waals surface area contributed by atoms with Gasteiger partial charge in [-0.2, -0.15) is 0 Å². The topological polar surface area (TPSA) is 53.0 Å². The van der Waals surface area contributed by atoms with Crippen molar-refractivity contribution in [2.24, 2.45) is 0 Å². The van der Waals surface area contributed by atoms with Gasteiger partial charge < -0.3 is 14.7 Å². The van der Waals surface area contributed by atoms with Crippen LogP contribution in [0.4, 0.5) is 0 Å². The van der Waals surface area contributed by atoms with Crippen molar-refractivity contribution in [3.8, 4) is 0 Å². The Bertz CT molecular complexity index is 670. The Balaban J connectivity index is 1.36. The van der Waals surface area contributed by atoms with Crippen LogP contribution in [0.25, 0.3) is 0 Å². The highest BCUT2D eigenvalue weighted by molar-refractivity contribution is 5.94. The summed E-state index contributed by atoms with van der Waals surface area (Å²) in [6.07, 6.45) is -0.518. The van der Waals surface area contributed by atoms with Gasteiger partial charge in [0.1, 0.15) is 0 Å². The van der Waals surface area contributed by atoms with E-state index in [9.17, 15) is 9.90 Å². The van der Waals surface area contributed by atoms with Crippen LogP contribution in [0.1, 0.15) is 15.9 Å². The third kappa shape index (κ3) is 5.39. The predicted octanol–water partition coefficient (Wildman–Crippen LogP) is 2.02. The normalized spacial score (nSPS) is 16.4. The molecule has 1 aliphatic heterocycles. The molecule has 1 heterocycles. The molecule has 2 aromatic carbocycles. The fourth-order valence-electron chi connectivity index (χ4n) is 3.13. The molecule has 1 N–H and O–H groups in total. The van der Waals surface area contributed by atoms with Gasteiger partial charge >= 0.3 is 0 Å². The number of amides is 1. The minimum absolute atomic E-state index is 0.0805. The number of carbonyl (C=O) groups excluding carboxylic acids is 1. The Morgan fingerprint density at radius 2 is 1.58 bits per heavy atom. The second kappa shape index (κ2) is 9.48. The maximum absolute atomic E-state index is 12.4. The molecule has 1 fully saturated rings. The van der Waals surface area contributed by atoms with Gasteiger partial charge in [-0.1, -0.05) is 48.5 Å². The number of β-amino-alcohol motifs (C(OH)–C–C–N with tert-alkyl or cyclic N) is 1. The Kier molecular flexibility index (Phi) is 6.77. The number of rotatable bonds is 7. The first-order valence-corrected chi connectivity index (χ1v) is 9.09. The molecule has 2 aromatic rings. The predicted molar refractivity (Wildman–Crippen MR) is 101 cm³/mol. The van der Waals surface area contributed by atoms with E-state index in [2.05, 4.69) is 4.90 Å². The average molecular weight is 354 g/mol. The van der Waals surface area contributed by atoms with Crippen LogP contribution in [0.2, 0.25) is 0 Å². The van der Waals surface area contributed by atoms with Gasteiger partial charge in [-0.25, -0.2) is 0 Å². The lowest BCUT2D eigenvalue weighted by Crippen LogP contribution is -2.50. The molecule has 5 nitrogen and oxygen atoms in total. The van der Waals surface area contributed by atoms with E-state index in [-0.39, 0.29) is 5.91 Å². The average Bonchev–Trinajstić information content (AvgIpc) is 2.69. The number of ether oxygens (including phenoxy) is 1. The standard InChI is InChI=1S/C21H26N2O3/c24-20(17-26-16-18-7-3-1-4-8-18)15-22-11-13-23(14-12-22)21(25)19-9-5-2-6-10-19/h1-10,20,24H,11-17H2/t20-/m1/s1. The van der Waals surface area contributed by atoms with E-state index in [1.54, 1.807) is 0 Å². The fraction of sp³-hybridized carbons (Fsp3) is 0.381. The van der Waals surface area contributed by atoms with Gasteiger partial charge in [0.2, 0.25) is 0 Å². The molecular formula is C21H26N2O3. The summed E-state index contributed by atoms with van der Waals surface area (Å²) < 4.78 is 5.60. The van der Waals surface area contributed by atoms with Crippen molar-refractivity contribution in [3.05, 3.63) is 71.8 Å². The van der Waals surface area contributed by atoms with Gasteiger partial charge in [-0.05, 0) is 17.7 Å². The molecule has 0 saturated carbocycles. The van der Waals surface area contributed by atoms with Crippen molar-refractivity contribution in [3.63, 3.8) is 0 Å². The van der Waals surface area contributed by atoms with Crippen molar-refractivity contribution in [2.45, 2.75) is 12.7 Å². The number of hydrogen-bond acceptors (Lipinski definition) is 4. The molecule has 138 valence electrons. The van der Waals surface area contributed by atoms with Crippen molar-refractivity contribution in [2.75, 3.05) is 39.3 Å². The summed E-state index contributed by atoms with van der Waals surface area (Å²) in [5.41, 5.74) is 1.84. The van der Waals surface area contributed by atoms with Crippen LogP contribution in [0.5, 0.6) is 0 Å². The maximum atomic E-state index is 12.4. The van der Waals surface area contributed by atoms with Gasteiger partial charge in [-0.3, -0.25) is 9.69 Å². The lowest BCUT2D eigenvalue weighted by Gasteiger charge is -2.35. The lowest BCUT2D eigenvalue weighted by atomic mass is 10.2. The Labute approximate surface area is 154 Å². The molecule has 0 spiro atoms. The molecular weight excluding hydrogens is 328 g/mol. The molecule has 1 amide bonds. The molecule has 0 radical (unpaired) electrons. The largest absolute Gasteiger partial charge is 0.389 e. The van der Waals surface area contributed by atoms with Crippen LogP contribution in [0.3, 0.4) is 0 Å². The highest BCUT2D eigenvalue weighted by Crippen LogP contribution is 2.09. The monoisotopic (exact) mass is 354 g/mol. The number of piperazine rings is 1. The first kappa shape index (κ1) is 18.6. The van der Waals surface area contributed by atoms with Crippen LogP contribution in [-0.2, 0) is 11.3 Å². The summed E-state index contributed by atoms with van der Waals surface area (Å²) in [5.74, 6) is 0.0805. The van der Waals surface area contributed by atoms with Crippen LogP contribution in [0.15, 0.2) is 60.7 Å². The number of nitrogens with zero attached hydrogens (tertiary/aromatic N) is 2. The van der Waals surface area contributed by atoms with E-state index >= 15 is 0 Å². The van der Waals surface area contributed by atoms with E-state index in [1.165, 1.54) is 0 Å². The molecule has 0 aliphatic carbocycles. The SMILES string of the molecule is O=C(c1ccccc1)N1CCN(C[C@@H](O)COCc2ccccc2)CC1. The molecule has 0 aromatic heterocycles. The molecule has 1 aliphatic rings. The Hall–Kier alpha value is -2.21. The Morgan fingerprint density at radius 1 is 0.962 bits per heavy atom. The minimum Gasteiger partial charge on any atom is -0.389 e. The van der Waals surface area contributed by atoms with Gasteiger partial charge in [-0.15, -0.1) is 0 Å². The minimum atomic E-state index is -0.518. The second-order valence-electron chi connectivity index (χ2n) is 6.61. The summed E-state index contributed by atoms with van der Waals surface area (Å²) in [6, 6.07) is 19.3. The van der Waals surface area contributed by atoms with Crippen molar-refractivity contribution < 1.29 is 14.6 Å². The number of aliphatic hydroxyl groups excluding tert-OH is 1. The molecule has 0 bridgehead atoms. The smallest absolute Gasteiger partial charge is 0.253 e. The zero-order valence-corrected chi connectivity index (χ0v) is 15.0. The highest BCUT2D eigenvalue weighted by Gasteiger charge is 2.23. The fourth-order valence-corrected chi connectivity index (χ4v) is 3.13. The van der Waals surface area contributed by atoms with Gasteiger partial charge in [0, 0.05) is 38.3 Å². The summed E-state index contributed by atoms with van der Waals surface area (Å²) in [5, 5.41) is 10.2. The molecule has 26 heavy (non-hydrogen) atoms. The van der Waals surface area contributed by atoms with Crippen molar-refractivity contribution >= 4 is 5.91 Å². The highest BCUT2D eigenvalue weighted by atomic mass is 16.5. The first-order valence-electron chi connectivity index (χ1n) is 9.09. The molecule has 1 saturated heterocycles. The number of hydrogen-bond donors (Lipinski definition) is 1. The zero-order valence-electron chi connectivity index (χ0n) is 15.0. The van der Waals surface area contributed by atoms with E-state index in [4.69, 9.17) is 4.74 Å². The van der Waals surface area contributed by atoms with Crippen molar-refractivity contribution in [1.29, 1.82) is 0 Å². The third-order valence-electron chi connectivity index (χ3n) is 4.57. The van der Waals surface area contributed by atoms with E-state index in [1.807, 2.05) is 65.6 Å². The summed E-state index contributed by atoms with van der Waals surface area (Å²) in [7, 11) is 0. The molecule has 1 atom stereocenters. The number of aliphatic hydroxyl groups is 1. The number of benzene rings is 2. The quantitative estimate of drug-likeness (QED) is 0.827. The third-order valence-corrected chi connectivity index (χ3v) is 4.57. The van der Waals surface area contributed by atoms with Crippen LogP contribution < -0.4 is 0 Å². The van der Waals surface area contributed by atoms with E-state index in [0.717, 1.165) is 24.2 Å². The zero-order chi connectivity index (χ0) is 18.2. The first-order chi connectivity index (χ1) is 12.7. The van der Waals surface area contributed by atoms with E-state index < -0.39 is 6.10 Å². The number of carbonyl (C=O) groups is 1. The Morgan fingerprint density at radius 3 is 2.23 bits per heavy atom. The molecule has 3 rings (SSSR count). The maximum Gasteiger partial charge on any atom is 0.253 e. The van der Waals surface area contributed by atoms with Crippen molar-refractivity contribution in [1.82, 2.24) is 9.80 Å². The van der Waals surface area contributed by atoms with Crippen LogP contribution in [0, 0.1) is 0 Å². The van der Waals surface area contributed by atoms with Gasteiger partial charge in [0.05, 0.1) is 19.3 Å².